The molecule has 0 heterocycles. The highest BCUT2D eigenvalue weighted by Crippen LogP contribution is 2.14. The molecular weight excluding hydrogens is 973 g/mol. The van der Waals surface area contributed by atoms with Crippen LogP contribution in [-0.2, 0) is 28.6 Å². The lowest BCUT2D eigenvalue weighted by atomic mass is 10.1. The highest BCUT2D eigenvalue weighted by molar-refractivity contribution is 5.71. The minimum Gasteiger partial charge on any atom is -0.462 e. The first-order valence-corrected chi connectivity index (χ1v) is 31.6. The monoisotopic (exact) mass is 1090 g/mol. The van der Waals surface area contributed by atoms with Gasteiger partial charge in [0.1, 0.15) is 13.2 Å². The van der Waals surface area contributed by atoms with Gasteiger partial charge in [-0.1, -0.05) is 262 Å². The topological polar surface area (TPSA) is 78.9 Å². The molecule has 0 aromatic heterocycles. The van der Waals surface area contributed by atoms with E-state index < -0.39 is 6.10 Å². The van der Waals surface area contributed by atoms with Crippen LogP contribution < -0.4 is 0 Å². The van der Waals surface area contributed by atoms with Crippen molar-refractivity contribution in [1.82, 2.24) is 0 Å². The van der Waals surface area contributed by atoms with E-state index in [1.54, 1.807) is 0 Å². The van der Waals surface area contributed by atoms with Crippen LogP contribution in [0.15, 0.2) is 170 Å². The Morgan fingerprint density at radius 3 is 0.848 bits per heavy atom. The summed E-state index contributed by atoms with van der Waals surface area (Å²) in [4.78, 5) is 38.2. The van der Waals surface area contributed by atoms with Crippen LogP contribution in [0.5, 0.6) is 0 Å². The molecule has 0 radical (unpaired) electrons. The number of carbonyl (C=O) groups excluding carboxylic acids is 3. The highest BCUT2D eigenvalue weighted by Gasteiger charge is 2.19. The zero-order chi connectivity index (χ0) is 57.1. The van der Waals surface area contributed by atoms with E-state index in [4.69, 9.17) is 14.2 Å². The Bertz CT molecular complexity index is 1820. The number of allylic oxidation sites excluding steroid dienone is 28. The number of hydrogen-bond donors (Lipinski definition) is 0. The predicted molar refractivity (Wildman–Crippen MR) is 343 cm³/mol. The molecule has 0 aromatic rings. The van der Waals surface area contributed by atoms with Gasteiger partial charge in [0.25, 0.3) is 0 Å². The molecule has 0 saturated heterocycles. The molecule has 6 heteroatoms. The van der Waals surface area contributed by atoms with Crippen molar-refractivity contribution in [1.29, 1.82) is 0 Å². The Hall–Kier alpha value is -5.23. The minimum absolute atomic E-state index is 0.119. The lowest BCUT2D eigenvalue weighted by Crippen LogP contribution is -2.30. The van der Waals surface area contributed by atoms with Crippen LogP contribution in [0.3, 0.4) is 0 Å². The largest absolute Gasteiger partial charge is 0.462 e. The quantitative estimate of drug-likeness (QED) is 0.0261. The number of ether oxygens (including phenoxy) is 3. The van der Waals surface area contributed by atoms with E-state index in [1.807, 2.05) is 12.2 Å². The van der Waals surface area contributed by atoms with Crippen LogP contribution in [0.25, 0.3) is 0 Å². The van der Waals surface area contributed by atoms with Crippen molar-refractivity contribution in [3.63, 3.8) is 0 Å². The maximum Gasteiger partial charge on any atom is 0.306 e. The van der Waals surface area contributed by atoms with Gasteiger partial charge in [-0.15, -0.1) is 0 Å². The maximum absolute atomic E-state index is 12.9. The second-order valence-corrected chi connectivity index (χ2v) is 20.2. The fourth-order valence-electron chi connectivity index (χ4n) is 8.03. The molecule has 0 aliphatic carbocycles. The first kappa shape index (κ1) is 73.8. The van der Waals surface area contributed by atoms with E-state index in [9.17, 15) is 14.4 Å². The van der Waals surface area contributed by atoms with Gasteiger partial charge in [0.05, 0.1) is 0 Å². The number of esters is 3. The normalized spacial score (nSPS) is 13.3. The van der Waals surface area contributed by atoms with Crippen molar-refractivity contribution < 1.29 is 28.6 Å². The summed E-state index contributed by atoms with van der Waals surface area (Å²) in [6.07, 6.45) is 96.5. The van der Waals surface area contributed by atoms with E-state index >= 15 is 0 Å². The van der Waals surface area contributed by atoms with Crippen LogP contribution in [0.4, 0.5) is 0 Å². The standard InChI is InChI=1S/C73H114O6/c1-4-7-10-13-16-19-22-25-27-29-31-32-33-34-35-36-37-38-39-40-42-43-45-48-51-54-57-60-63-66-72(75)78-69-70(68-77-71(74)65-62-59-56-53-50-47-24-21-18-15-12-9-6-3)79-73(76)67-64-61-58-55-52-49-46-44-41-30-28-26-23-20-17-14-11-8-5-2/h7,9-10,12,16-21,25-28,31-32,34-35,37-38,40-42,44,47,50,56,59,70H,4-6,8,11,13-15,22-24,29-30,33,36,39,43,45-46,48-49,51-55,57-58,60-69H2,1-3H3/b10-7-,12-9-,19-16-,20-17-,21-18-,27-25-,28-26-,32-31-,35-34-,38-37-,42-40-,44-41-,50-47-,59-56-. The molecule has 1 unspecified atom stereocenters. The molecule has 0 fully saturated rings. The minimum atomic E-state index is -0.829. The lowest BCUT2D eigenvalue weighted by Gasteiger charge is -2.18. The van der Waals surface area contributed by atoms with Gasteiger partial charge in [0.2, 0.25) is 0 Å². The Morgan fingerprint density at radius 1 is 0.266 bits per heavy atom. The van der Waals surface area contributed by atoms with Crippen LogP contribution in [-0.4, -0.2) is 37.2 Å². The van der Waals surface area contributed by atoms with Crippen molar-refractivity contribution in [2.45, 2.75) is 258 Å². The van der Waals surface area contributed by atoms with E-state index in [-0.39, 0.29) is 44.0 Å². The Morgan fingerprint density at radius 2 is 0.519 bits per heavy atom. The summed E-state index contributed by atoms with van der Waals surface area (Å²) < 4.78 is 16.8. The summed E-state index contributed by atoms with van der Waals surface area (Å²) in [7, 11) is 0. The van der Waals surface area contributed by atoms with Crippen molar-refractivity contribution in [3.05, 3.63) is 170 Å². The molecule has 0 amide bonds. The maximum atomic E-state index is 12.9. The molecule has 0 spiro atoms. The molecule has 0 N–H and O–H groups in total. The molecule has 0 bridgehead atoms. The van der Waals surface area contributed by atoms with Crippen LogP contribution in [0.2, 0.25) is 0 Å². The van der Waals surface area contributed by atoms with Crippen molar-refractivity contribution in [3.8, 4) is 0 Å². The smallest absolute Gasteiger partial charge is 0.306 e. The van der Waals surface area contributed by atoms with Crippen LogP contribution >= 0.6 is 0 Å². The van der Waals surface area contributed by atoms with Gasteiger partial charge in [-0.05, 0) is 141 Å². The molecule has 0 aromatic carbocycles. The van der Waals surface area contributed by atoms with E-state index in [1.165, 1.54) is 57.8 Å². The van der Waals surface area contributed by atoms with Gasteiger partial charge < -0.3 is 14.2 Å². The highest BCUT2D eigenvalue weighted by atomic mass is 16.6. The first-order chi connectivity index (χ1) is 39.0. The Labute approximate surface area is 485 Å². The summed E-state index contributed by atoms with van der Waals surface area (Å²) in [5.74, 6) is -1.03. The average Bonchev–Trinajstić information content (AvgIpc) is 3.45. The SMILES string of the molecule is CC/C=C\C/C=C\C/C=C\C/C=C\C/C=C\C/C=C\C/C=C\CCCCCCCCCC(=O)OCC(COC(=O)CC/C=C\C/C=C\C/C=C\C/C=C\CC)OC(=O)CCCCCCCC/C=C\C/C=C\C/C=C\CCCCC. The van der Waals surface area contributed by atoms with Crippen molar-refractivity contribution >= 4 is 17.9 Å². The third kappa shape index (κ3) is 63.5. The molecular formula is C73H114O6. The van der Waals surface area contributed by atoms with Gasteiger partial charge in [-0.3, -0.25) is 14.4 Å². The predicted octanol–water partition coefficient (Wildman–Crippen LogP) is 21.9. The zero-order valence-corrected chi connectivity index (χ0v) is 50.6. The van der Waals surface area contributed by atoms with Crippen molar-refractivity contribution in [2.24, 2.45) is 0 Å². The van der Waals surface area contributed by atoms with Gasteiger partial charge >= 0.3 is 17.9 Å². The van der Waals surface area contributed by atoms with Crippen molar-refractivity contribution in [2.75, 3.05) is 13.2 Å². The third-order valence-corrected chi connectivity index (χ3v) is 12.7. The third-order valence-electron chi connectivity index (χ3n) is 12.7. The molecule has 442 valence electrons. The summed E-state index contributed by atoms with van der Waals surface area (Å²) >= 11 is 0. The summed E-state index contributed by atoms with van der Waals surface area (Å²) in [5, 5.41) is 0. The van der Waals surface area contributed by atoms with Gasteiger partial charge in [-0.25, -0.2) is 0 Å². The number of unbranched alkanes of at least 4 members (excludes halogenated alkanes) is 16. The molecule has 6 nitrogen and oxygen atoms in total. The second-order valence-electron chi connectivity index (χ2n) is 20.2. The lowest BCUT2D eigenvalue weighted by molar-refractivity contribution is -0.166. The molecule has 79 heavy (non-hydrogen) atoms. The molecule has 0 rings (SSSR count). The Balaban J connectivity index is 4.43. The summed E-state index contributed by atoms with van der Waals surface area (Å²) in [5.41, 5.74) is 0. The summed E-state index contributed by atoms with van der Waals surface area (Å²) in [6.45, 7) is 6.29. The van der Waals surface area contributed by atoms with Gasteiger partial charge in [0.15, 0.2) is 6.10 Å². The second kappa shape index (κ2) is 65.3. The Kier molecular flexibility index (Phi) is 61.0. The van der Waals surface area contributed by atoms with Crippen LogP contribution in [0, 0.1) is 0 Å². The fourth-order valence-corrected chi connectivity index (χ4v) is 8.03. The molecule has 0 aliphatic rings. The van der Waals surface area contributed by atoms with Gasteiger partial charge in [-0.2, -0.15) is 0 Å². The number of carbonyl (C=O) groups is 3. The summed E-state index contributed by atoms with van der Waals surface area (Å²) in [6, 6.07) is 0. The number of rotatable bonds is 55. The van der Waals surface area contributed by atoms with E-state index in [0.717, 1.165) is 148 Å². The first-order valence-electron chi connectivity index (χ1n) is 31.6. The average molecular weight is 1090 g/mol. The van der Waals surface area contributed by atoms with E-state index in [2.05, 4.69) is 179 Å². The zero-order valence-electron chi connectivity index (χ0n) is 50.6. The van der Waals surface area contributed by atoms with E-state index in [0.29, 0.717) is 12.8 Å². The van der Waals surface area contributed by atoms with Gasteiger partial charge in [0, 0.05) is 19.3 Å². The fraction of sp³-hybridized carbons (Fsp3) is 0.575. The molecule has 1 atom stereocenters. The molecule has 0 saturated carbocycles. The number of hydrogen-bond acceptors (Lipinski definition) is 6. The molecule has 0 aliphatic heterocycles. The van der Waals surface area contributed by atoms with Crippen LogP contribution in [0.1, 0.15) is 252 Å².